The molecule has 4 aromatic rings. The van der Waals surface area contributed by atoms with Gasteiger partial charge in [0.05, 0.1) is 16.7 Å². The van der Waals surface area contributed by atoms with Crippen LogP contribution in [0, 0.1) is 12.7 Å². The molecular formula is C35H41FN6O2. The summed E-state index contributed by atoms with van der Waals surface area (Å²) in [6.45, 7) is 8.09. The number of anilines is 3. The Hall–Kier alpha value is -4.08. The number of aryl methyl sites for hydroxylation is 1. The number of nitrogens with one attached hydrogen (secondary N) is 3. The summed E-state index contributed by atoms with van der Waals surface area (Å²) in [5.74, 6) is -0.298. The highest BCUT2D eigenvalue weighted by Gasteiger charge is 2.16. The van der Waals surface area contributed by atoms with E-state index < -0.39 is 0 Å². The molecule has 0 aliphatic carbocycles. The Morgan fingerprint density at radius 1 is 0.750 bits per heavy atom. The van der Waals surface area contributed by atoms with Crippen LogP contribution in [-0.2, 0) is 16.1 Å². The zero-order valence-electron chi connectivity index (χ0n) is 25.4. The number of aromatic nitrogens is 1. The lowest BCUT2D eigenvalue weighted by Crippen LogP contribution is -2.25. The first-order valence-electron chi connectivity index (χ1n) is 15.8. The summed E-state index contributed by atoms with van der Waals surface area (Å²) in [6.07, 6.45) is 5.69. The minimum absolute atomic E-state index is 0.0178. The zero-order valence-corrected chi connectivity index (χ0v) is 25.4. The zero-order chi connectivity index (χ0) is 30.5. The molecule has 2 amide bonds. The Morgan fingerprint density at radius 3 is 1.77 bits per heavy atom. The highest BCUT2D eigenvalue weighted by Crippen LogP contribution is 2.34. The van der Waals surface area contributed by atoms with Crippen molar-refractivity contribution in [3.63, 3.8) is 0 Å². The number of likely N-dealkylation sites (tertiary alicyclic amines) is 2. The summed E-state index contributed by atoms with van der Waals surface area (Å²) in [5, 5.41) is 11.4. The Balaban J connectivity index is 1.26. The number of pyridine rings is 1. The van der Waals surface area contributed by atoms with E-state index in [1.54, 1.807) is 0 Å². The molecule has 44 heavy (non-hydrogen) atoms. The van der Waals surface area contributed by atoms with E-state index in [0.29, 0.717) is 41.8 Å². The molecule has 0 atom stereocenters. The van der Waals surface area contributed by atoms with Crippen molar-refractivity contribution in [2.75, 3.05) is 55.2 Å². The normalized spacial score (nSPS) is 15.7. The first-order valence-corrected chi connectivity index (χ1v) is 15.8. The monoisotopic (exact) mass is 596 g/mol. The fraction of sp³-hybridized carbons (Fsp3) is 0.400. The second-order valence-electron chi connectivity index (χ2n) is 12.1. The number of halogens is 1. The summed E-state index contributed by atoms with van der Waals surface area (Å²) in [4.78, 5) is 35.1. The average Bonchev–Trinajstić information content (AvgIpc) is 3.71. The van der Waals surface area contributed by atoms with Crippen LogP contribution >= 0.6 is 0 Å². The minimum atomic E-state index is -0.263. The van der Waals surface area contributed by atoms with Crippen LogP contribution < -0.4 is 16.0 Å². The minimum Gasteiger partial charge on any atom is -0.380 e. The smallest absolute Gasteiger partial charge is 0.225 e. The lowest BCUT2D eigenvalue weighted by Gasteiger charge is -2.17. The number of hydrogen-bond donors (Lipinski definition) is 3. The molecule has 1 aromatic heterocycles. The quantitative estimate of drug-likeness (QED) is 0.176. The van der Waals surface area contributed by atoms with Gasteiger partial charge in [-0.15, -0.1) is 0 Å². The van der Waals surface area contributed by atoms with Crippen LogP contribution in [0.5, 0.6) is 0 Å². The van der Waals surface area contributed by atoms with E-state index in [0.717, 1.165) is 66.9 Å². The van der Waals surface area contributed by atoms with Gasteiger partial charge >= 0.3 is 0 Å². The Kier molecular flexibility index (Phi) is 9.33. The standard InChI is InChI=1S/C35H41FN6O2/c1-24-18-25(20-26(36)19-24)23-37-35-29-8-6-27(38-33(43)10-16-41-12-2-3-13-41)21-31(29)40-32-22-28(7-9-30(32)35)39-34(44)11-17-42-14-4-5-15-42/h6-9,18-22H,2-5,10-17,23H2,1H3,(H,37,40)(H,38,43)(H,39,44). The van der Waals surface area contributed by atoms with E-state index in [4.69, 9.17) is 4.98 Å². The fourth-order valence-corrected chi connectivity index (χ4v) is 6.38. The van der Waals surface area contributed by atoms with Crippen molar-refractivity contribution in [2.45, 2.75) is 52.0 Å². The molecule has 230 valence electrons. The molecule has 2 saturated heterocycles. The molecule has 2 fully saturated rings. The summed E-state index contributed by atoms with van der Waals surface area (Å²) < 4.78 is 14.1. The molecule has 0 unspecified atom stereocenters. The van der Waals surface area contributed by atoms with Crippen LogP contribution in [0.25, 0.3) is 21.8 Å². The molecule has 2 aliphatic heterocycles. The third kappa shape index (κ3) is 7.52. The highest BCUT2D eigenvalue weighted by molar-refractivity contribution is 6.09. The van der Waals surface area contributed by atoms with E-state index in [-0.39, 0.29) is 17.6 Å². The van der Waals surface area contributed by atoms with Crippen LogP contribution in [-0.4, -0.2) is 65.9 Å². The van der Waals surface area contributed by atoms with Crippen LogP contribution in [0.4, 0.5) is 21.5 Å². The lowest BCUT2D eigenvalue weighted by atomic mass is 10.1. The summed E-state index contributed by atoms with van der Waals surface area (Å²) >= 11 is 0. The maximum atomic E-state index is 14.1. The van der Waals surface area contributed by atoms with Gasteiger partial charge in [-0.2, -0.15) is 0 Å². The third-order valence-electron chi connectivity index (χ3n) is 8.62. The maximum absolute atomic E-state index is 14.1. The largest absolute Gasteiger partial charge is 0.380 e. The molecule has 0 radical (unpaired) electrons. The van der Waals surface area contributed by atoms with E-state index in [2.05, 4.69) is 25.8 Å². The molecule has 0 saturated carbocycles. The topological polar surface area (TPSA) is 89.6 Å². The van der Waals surface area contributed by atoms with Crippen molar-refractivity contribution >= 4 is 50.7 Å². The Morgan fingerprint density at radius 2 is 1.27 bits per heavy atom. The second-order valence-corrected chi connectivity index (χ2v) is 12.1. The van der Waals surface area contributed by atoms with Gasteiger partial charge in [0.1, 0.15) is 5.82 Å². The Labute approximate surface area is 258 Å². The van der Waals surface area contributed by atoms with Gasteiger partial charge in [0.25, 0.3) is 0 Å². The fourth-order valence-electron chi connectivity index (χ4n) is 6.38. The molecule has 0 spiro atoms. The average molecular weight is 597 g/mol. The Bertz CT molecular complexity index is 1550. The van der Waals surface area contributed by atoms with Crippen molar-refractivity contribution in [1.82, 2.24) is 14.8 Å². The second kappa shape index (κ2) is 13.7. The predicted octanol–water partition coefficient (Wildman–Crippen LogP) is 6.30. The number of amides is 2. The number of rotatable bonds is 11. The van der Waals surface area contributed by atoms with E-state index in [9.17, 15) is 14.0 Å². The summed E-state index contributed by atoms with van der Waals surface area (Å²) in [7, 11) is 0. The van der Waals surface area contributed by atoms with Crippen molar-refractivity contribution < 1.29 is 14.0 Å². The lowest BCUT2D eigenvalue weighted by molar-refractivity contribution is -0.117. The van der Waals surface area contributed by atoms with Gasteiger partial charge in [0.15, 0.2) is 0 Å². The molecule has 3 aromatic carbocycles. The van der Waals surface area contributed by atoms with Crippen molar-refractivity contribution in [1.29, 1.82) is 0 Å². The van der Waals surface area contributed by atoms with Crippen molar-refractivity contribution in [3.8, 4) is 0 Å². The number of carbonyl (C=O) groups excluding carboxylic acids is 2. The van der Waals surface area contributed by atoms with Gasteiger partial charge in [-0.25, -0.2) is 9.37 Å². The molecule has 2 aliphatic rings. The highest BCUT2D eigenvalue weighted by atomic mass is 19.1. The number of benzene rings is 3. The number of carbonyl (C=O) groups is 2. The van der Waals surface area contributed by atoms with Gasteiger partial charge in [-0.05, 0) is 118 Å². The van der Waals surface area contributed by atoms with Crippen molar-refractivity contribution in [3.05, 3.63) is 71.5 Å². The molecule has 8 nitrogen and oxygen atoms in total. The summed E-state index contributed by atoms with van der Waals surface area (Å²) in [6, 6.07) is 16.5. The maximum Gasteiger partial charge on any atom is 0.225 e. The third-order valence-corrected chi connectivity index (χ3v) is 8.62. The van der Waals surface area contributed by atoms with Crippen molar-refractivity contribution in [2.24, 2.45) is 0 Å². The molecule has 3 heterocycles. The molecular weight excluding hydrogens is 555 g/mol. The predicted molar refractivity (Wildman–Crippen MR) is 176 cm³/mol. The van der Waals surface area contributed by atoms with Crippen LogP contribution in [0.3, 0.4) is 0 Å². The molecule has 6 rings (SSSR count). The van der Waals surface area contributed by atoms with Crippen LogP contribution in [0.15, 0.2) is 54.6 Å². The number of nitrogens with zero attached hydrogens (tertiary/aromatic N) is 3. The molecule has 9 heteroatoms. The van der Waals surface area contributed by atoms with E-state index >= 15 is 0 Å². The SMILES string of the molecule is Cc1cc(F)cc(CNc2c3ccc(NC(=O)CCN4CCCC4)cc3nc3cc(NC(=O)CCN4CCCC4)ccc23)c1. The summed E-state index contributed by atoms with van der Waals surface area (Å²) in [5.41, 5.74) is 5.37. The van der Waals surface area contributed by atoms with Gasteiger partial charge in [0.2, 0.25) is 11.8 Å². The van der Waals surface area contributed by atoms with Gasteiger partial charge in [-0.3, -0.25) is 9.59 Å². The van der Waals surface area contributed by atoms with Gasteiger partial charge < -0.3 is 25.8 Å². The first kappa shape index (κ1) is 30.0. The molecule has 3 N–H and O–H groups in total. The molecule has 0 bridgehead atoms. The van der Waals surface area contributed by atoms with Gasteiger partial charge in [-0.1, -0.05) is 6.07 Å². The van der Waals surface area contributed by atoms with Crippen LogP contribution in [0.1, 0.15) is 49.7 Å². The van der Waals surface area contributed by atoms with E-state index in [1.807, 2.05) is 49.4 Å². The number of hydrogen-bond acceptors (Lipinski definition) is 6. The van der Waals surface area contributed by atoms with Crippen LogP contribution in [0.2, 0.25) is 0 Å². The first-order chi connectivity index (χ1) is 21.4. The van der Waals surface area contributed by atoms with Gasteiger partial charge in [0, 0.05) is 54.6 Å². The van der Waals surface area contributed by atoms with E-state index in [1.165, 1.54) is 37.8 Å². The number of fused-ring (bicyclic) bond motifs is 2.